The summed E-state index contributed by atoms with van der Waals surface area (Å²) in [6.45, 7) is 4.34. The molecule has 0 bridgehead atoms. The highest BCUT2D eigenvalue weighted by Gasteiger charge is 2.41. The first-order chi connectivity index (χ1) is 11.7. The van der Waals surface area contributed by atoms with E-state index in [0.717, 1.165) is 11.3 Å². The van der Waals surface area contributed by atoms with Crippen molar-refractivity contribution in [2.75, 3.05) is 13.9 Å². The molecule has 0 fully saturated rings. The standard InChI is InChI=1S/C18H20N2O4/c1-11(2)16-17-13(5-4-6-19-17)18(16)24-10-23-14-8-20-15(22-3)7-12(14)9-21/h4-9,11,16,18H,10H2,1-3H3. The number of pyridine rings is 2. The van der Waals surface area contributed by atoms with Crippen LogP contribution in [0.3, 0.4) is 0 Å². The molecule has 2 heterocycles. The third-order valence-corrected chi connectivity index (χ3v) is 4.21. The van der Waals surface area contributed by atoms with Gasteiger partial charge in [0.2, 0.25) is 5.88 Å². The Bertz CT molecular complexity index is 733. The maximum atomic E-state index is 11.2. The van der Waals surface area contributed by atoms with Crippen LogP contribution in [-0.2, 0) is 4.74 Å². The number of rotatable bonds is 7. The van der Waals surface area contributed by atoms with Crippen molar-refractivity contribution in [2.45, 2.75) is 25.9 Å². The van der Waals surface area contributed by atoms with Gasteiger partial charge in [0.1, 0.15) is 0 Å². The lowest BCUT2D eigenvalue weighted by Gasteiger charge is -2.40. The third kappa shape index (κ3) is 2.97. The molecular formula is C18H20N2O4. The van der Waals surface area contributed by atoms with Crippen LogP contribution >= 0.6 is 0 Å². The molecule has 126 valence electrons. The van der Waals surface area contributed by atoms with E-state index in [1.54, 1.807) is 6.20 Å². The van der Waals surface area contributed by atoms with Crippen molar-refractivity contribution in [1.29, 1.82) is 0 Å². The zero-order valence-corrected chi connectivity index (χ0v) is 13.9. The lowest BCUT2D eigenvalue weighted by molar-refractivity contribution is -0.0707. The fourth-order valence-electron chi connectivity index (χ4n) is 2.98. The van der Waals surface area contributed by atoms with E-state index in [4.69, 9.17) is 14.2 Å². The molecule has 2 aromatic rings. The Morgan fingerprint density at radius 1 is 1.33 bits per heavy atom. The minimum absolute atomic E-state index is 0.0388. The van der Waals surface area contributed by atoms with Crippen LogP contribution in [0.5, 0.6) is 11.6 Å². The lowest BCUT2D eigenvalue weighted by Crippen LogP contribution is -2.32. The van der Waals surface area contributed by atoms with Gasteiger partial charge in [-0.2, -0.15) is 0 Å². The van der Waals surface area contributed by atoms with Gasteiger partial charge in [-0.25, -0.2) is 4.98 Å². The summed E-state index contributed by atoms with van der Waals surface area (Å²) in [6, 6.07) is 5.46. The van der Waals surface area contributed by atoms with Crippen LogP contribution in [0.25, 0.3) is 0 Å². The van der Waals surface area contributed by atoms with E-state index < -0.39 is 0 Å². The normalized spacial score (nSPS) is 18.7. The van der Waals surface area contributed by atoms with Crippen LogP contribution in [0.1, 0.15) is 47.5 Å². The number of carbonyl (C=O) groups is 1. The van der Waals surface area contributed by atoms with Crippen molar-refractivity contribution >= 4 is 6.29 Å². The quantitative estimate of drug-likeness (QED) is 0.574. The second-order valence-electron chi connectivity index (χ2n) is 5.98. The topological polar surface area (TPSA) is 70.5 Å². The van der Waals surface area contributed by atoms with Gasteiger partial charge in [0.25, 0.3) is 0 Å². The van der Waals surface area contributed by atoms with E-state index in [2.05, 4.69) is 23.8 Å². The smallest absolute Gasteiger partial charge is 0.213 e. The summed E-state index contributed by atoms with van der Waals surface area (Å²) in [7, 11) is 1.49. The van der Waals surface area contributed by atoms with Crippen LogP contribution in [0, 0.1) is 5.92 Å². The average Bonchev–Trinajstić information content (AvgIpc) is 2.58. The number of aromatic nitrogens is 2. The van der Waals surface area contributed by atoms with Crippen LogP contribution in [-0.4, -0.2) is 30.2 Å². The van der Waals surface area contributed by atoms with Crippen molar-refractivity contribution in [3.8, 4) is 11.6 Å². The van der Waals surface area contributed by atoms with E-state index in [1.807, 2.05) is 12.1 Å². The summed E-state index contributed by atoms with van der Waals surface area (Å²) in [5, 5.41) is 0. The van der Waals surface area contributed by atoms with Gasteiger partial charge in [-0.05, 0) is 12.0 Å². The van der Waals surface area contributed by atoms with Gasteiger partial charge in [0.15, 0.2) is 18.8 Å². The maximum Gasteiger partial charge on any atom is 0.213 e. The fourth-order valence-corrected chi connectivity index (χ4v) is 2.98. The van der Waals surface area contributed by atoms with Crippen molar-refractivity contribution in [3.05, 3.63) is 47.4 Å². The van der Waals surface area contributed by atoms with Crippen LogP contribution in [0.4, 0.5) is 0 Å². The largest absolute Gasteiger partial charge is 0.481 e. The summed E-state index contributed by atoms with van der Waals surface area (Å²) in [4.78, 5) is 19.6. The second-order valence-corrected chi connectivity index (χ2v) is 5.98. The molecule has 2 aromatic heterocycles. The van der Waals surface area contributed by atoms with E-state index in [1.165, 1.54) is 19.4 Å². The SMILES string of the molecule is COc1cc(C=O)c(OCOC2c3cccnc3C2C(C)C)cn1. The molecule has 24 heavy (non-hydrogen) atoms. The predicted molar refractivity (Wildman–Crippen MR) is 87.3 cm³/mol. The molecule has 6 heteroatoms. The molecule has 6 nitrogen and oxygen atoms in total. The summed E-state index contributed by atoms with van der Waals surface area (Å²) in [5.74, 6) is 1.41. The van der Waals surface area contributed by atoms with Gasteiger partial charge in [0, 0.05) is 23.7 Å². The molecule has 0 saturated carbocycles. The highest BCUT2D eigenvalue weighted by molar-refractivity contribution is 5.79. The fraction of sp³-hybridized carbons (Fsp3) is 0.389. The first kappa shape index (κ1) is 16.4. The Labute approximate surface area is 140 Å². The molecule has 0 radical (unpaired) electrons. The molecular weight excluding hydrogens is 308 g/mol. The second kappa shape index (κ2) is 6.97. The summed E-state index contributed by atoms with van der Waals surface area (Å²) in [5.41, 5.74) is 2.57. The molecule has 2 unspecified atom stereocenters. The molecule has 0 aliphatic heterocycles. The minimum Gasteiger partial charge on any atom is -0.481 e. The molecule has 0 spiro atoms. The number of carbonyl (C=O) groups excluding carboxylic acids is 1. The monoisotopic (exact) mass is 328 g/mol. The highest BCUT2D eigenvalue weighted by atomic mass is 16.7. The molecule has 1 aliphatic rings. The molecule has 0 amide bonds. The Balaban J connectivity index is 1.66. The van der Waals surface area contributed by atoms with Crippen molar-refractivity contribution < 1.29 is 19.0 Å². The number of hydrogen-bond acceptors (Lipinski definition) is 6. The lowest BCUT2D eigenvalue weighted by atomic mass is 9.72. The molecule has 0 aromatic carbocycles. The van der Waals surface area contributed by atoms with Crippen molar-refractivity contribution in [3.63, 3.8) is 0 Å². The van der Waals surface area contributed by atoms with E-state index in [0.29, 0.717) is 29.4 Å². The Hall–Kier alpha value is -2.47. The van der Waals surface area contributed by atoms with E-state index in [-0.39, 0.29) is 18.8 Å². The summed E-state index contributed by atoms with van der Waals surface area (Å²) < 4.78 is 16.5. The summed E-state index contributed by atoms with van der Waals surface area (Å²) >= 11 is 0. The maximum absolute atomic E-state index is 11.2. The highest BCUT2D eigenvalue weighted by Crippen LogP contribution is 2.49. The number of nitrogens with zero attached hydrogens (tertiary/aromatic N) is 2. The van der Waals surface area contributed by atoms with Crippen LogP contribution in [0.2, 0.25) is 0 Å². The molecule has 1 aliphatic carbocycles. The zero-order valence-electron chi connectivity index (χ0n) is 13.9. The van der Waals surface area contributed by atoms with Gasteiger partial charge in [0.05, 0.1) is 30.7 Å². The minimum atomic E-state index is -0.0420. The number of hydrogen-bond donors (Lipinski definition) is 0. The van der Waals surface area contributed by atoms with Gasteiger partial charge in [-0.15, -0.1) is 0 Å². The van der Waals surface area contributed by atoms with Crippen LogP contribution in [0.15, 0.2) is 30.6 Å². The van der Waals surface area contributed by atoms with Gasteiger partial charge in [-0.3, -0.25) is 9.78 Å². The van der Waals surface area contributed by atoms with E-state index >= 15 is 0 Å². The summed E-state index contributed by atoms with van der Waals surface area (Å²) in [6.07, 6.45) is 3.93. The Morgan fingerprint density at radius 2 is 2.17 bits per heavy atom. The third-order valence-electron chi connectivity index (χ3n) is 4.21. The first-order valence-electron chi connectivity index (χ1n) is 7.84. The number of fused-ring (bicyclic) bond motifs is 1. The molecule has 0 saturated heterocycles. The molecule has 0 N–H and O–H groups in total. The number of ether oxygens (including phenoxy) is 3. The molecule has 2 atom stereocenters. The number of aldehydes is 1. The van der Waals surface area contributed by atoms with Crippen LogP contribution < -0.4 is 9.47 Å². The van der Waals surface area contributed by atoms with Crippen molar-refractivity contribution in [2.24, 2.45) is 5.92 Å². The number of methoxy groups -OCH3 is 1. The zero-order chi connectivity index (χ0) is 17.1. The average molecular weight is 328 g/mol. The van der Waals surface area contributed by atoms with Gasteiger partial charge < -0.3 is 14.2 Å². The first-order valence-corrected chi connectivity index (χ1v) is 7.84. The van der Waals surface area contributed by atoms with Gasteiger partial charge >= 0.3 is 0 Å². The molecule has 3 rings (SSSR count). The predicted octanol–water partition coefficient (Wildman–Crippen LogP) is 3.15. The van der Waals surface area contributed by atoms with Gasteiger partial charge in [-0.1, -0.05) is 19.9 Å². The van der Waals surface area contributed by atoms with Crippen molar-refractivity contribution in [1.82, 2.24) is 9.97 Å². The Morgan fingerprint density at radius 3 is 2.88 bits per heavy atom. The Kier molecular flexibility index (Phi) is 4.76. The van der Waals surface area contributed by atoms with E-state index in [9.17, 15) is 4.79 Å².